The summed E-state index contributed by atoms with van der Waals surface area (Å²) in [5.41, 5.74) is 3.47. The Labute approximate surface area is 170 Å². The topological polar surface area (TPSA) is 123 Å². The van der Waals surface area contributed by atoms with Gasteiger partial charge in [0.2, 0.25) is 5.88 Å². The van der Waals surface area contributed by atoms with Crippen LogP contribution >= 0.6 is 0 Å². The van der Waals surface area contributed by atoms with Crippen molar-refractivity contribution < 1.29 is 5.11 Å². The highest BCUT2D eigenvalue weighted by Gasteiger charge is 2.20. The van der Waals surface area contributed by atoms with E-state index >= 15 is 0 Å². The third-order valence-electron chi connectivity index (χ3n) is 4.93. The van der Waals surface area contributed by atoms with Crippen molar-refractivity contribution in [3.05, 3.63) is 74.5 Å². The predicted octanol–water partition coefficient (Wildman–Crippen LogP) is 0.983. The molecular weight excluding hydrogens is 382 g/mol. The van der Waals surface area contributed by atoms with Crippen molar-refractivity contribution in [2.24, 2.45) is 4.99 Å². The minimum absolute atomic E-state index is 0.226. The summed E-state index contributed by atoms with van der Waals surface area (Å²) in [6, 6.07) is 10.5. The third kappa shape index (κ3) is 3.69. The molecular formula is C21H21N7O2. The van der Waals surface area contributed by atoms with Gasteiger partial charge in [-0.2, -0.15) is 9.61 Å². The lowest BCUT2D eigenvalue weighted by Crippen LogP contribution is -2.20. The van der Waals surface area contributed by atoms with Gasteiger partial charge in [0, 0.05) is 17.8 Å². The van der Waals surface area contributed by atoms with Crippen LogP contribution in [0.1, 0.15) is 29.7 Å². The maximum Gasteiger partial charge on any atom is 0.326 e. The van der Waals surface area contributed by atoms with E-state index in [0.717, 1.165) is 23.9 Å². The van der Waals surface area contributed by atoms with Gasteiger partial charge in [0.1, 0.15) is 11.5 Å². The molecule has 9 nitrogen and oxygen atoms in total. The lowest BCUT2D eigenvalue weighted by Gasteiger charge is -2.07. The van der Waals surface area contributed by atoms with Crippen molar-refractivity contribution in [2.75, 3.05) is 5.32 Å². The van der Waals surface area contributed by atoms with Crippen LogP contribution in [0.25, 0.3) is 11.7 Å². The largest absolute Gasteiger partial charge is 0.493 e. The number of aryl methyl sites for hydroxylation is 1. The number of imidazole rings is 1. The van der Waals surface area contributed by atoms with Crippen LogP contribution in [0.4, 0.5) is 5.82 Å². The molecule has 1 saturated carbocycles. The van der Waals surface area contributed by atoms with Crippen molar-refractivity contribution in [1.29, 1.82) is 0 Å². The predicted molar refractivity (Wildman–Crippen MR) is 112 cm³/mol. The van der Waals surface area contributed by atoms with Gasteiger partial charge in [-0.25, -0.2) is 9.78 Å². The molecule has 1 aliphatic rings. The fourth-order valence-electron chi connectivity index (χ4n) is 3.30. The number of anilines is 1. The zero-order chi connectivity index (χ0) is 20.7. The van der Waals surface area contributed by atoms with E-state index in [-0.39, 0.29) is 11.6 Å². The van der Waals surface area contributed by atoms with Crippen molar-refractivity contribution in [1.82, 2.24) is 24.6 Å². The van der Waals surface area contributed by atoms with Crippen LogP contribution < -0.4 is 21.7 Å². The highest BCUT2D eigenvalue weighted by Crippen LogP contribution is 2.22. The molecule has 152 valence electrons. The smallest absolute Gasteiger partial charge is 0.326 e. The number of aromatic hydroxyl groups is 1. The Hall–Kier alpha value is -3.88. The van der Waals surface area contributed by atoms with E-state index < -0.39 is 5.69 Å². The molecule has 5 rings (SSSR count). The first-order valence-corrected chi connectivity index (χ1v) is 9.80. The SMILES string of the molecule is Cc1cccc(CNc2cc(=NC3CC3)n3nc/c(=C\c4[nH]c(=O)[nH]c4O)c3n2)c1. The van der Waals surface area contributed by atoms with Gasteiger partial charge >= 0.3 is 5.69 Å². The molecule has 0 atom stereocenters. The number of benzene rings is 1. The Kier molecular flexibility index (Phi) is 4.35. The molecule has 1 aromatic carbocycles. The second kappa shape index (κ2) is 7.18. The van der Waals surface area contributed by atoms with Gasteiger partial charge in [0.05, 0.1) is 12.2 Å². The van der Waals surface area contributed by atoms with Crippen LogP contribution in [0.3, 0.4) is 0 Å². The van der Waals surface area contributed by atoms with Gasteiger partial charge in [-0.15, -0.1) is 0 Å². The fourth-order valence-corrected chi connectivity index (χ4v) is 3.30. The van der Waals surface area contributed by atoms with Gasteiger partial charge in [-0.05, 0) is 31.4 Å². The molecule has 0 radical (unpaired) electrons. The summed E-state index contributed by atoms with van der Waals surface area (Å²) in [6.45, 7) is 2.70. The summed E-state index contributed by atoms with van der Waals surface area (Å²) in [4.78, 5) is 25.8. The van der Waals surface area contributed by atoms with E-state index in [1.54, 1.807) is 16.8 Å². The molecule has 0 spiro atoms. The van der Waals surface area contributed by atoms with Gasteiger partial charge in [-0.1, -0.05) is 29.8 Å². The first-order chi connectivity index (χ1) is 14.5. The number of H-pyrrole nitrogens is 2. The number of hydrogen-bond donors (Lipinski definition) is 4. The Morgan fingerprint density at radius 1 is 1.33 bits per heavy atom. The van der Waals surface area contributed by atoms with E-state index in [9.17, 15) is 9.90 Å². The molecule has 0 saturated heterocycles. The number of aromatic amines is 2. The fraction of sp³-hybridized carbons (Fsp3) is 0.238. The van der Waals surface area contributed by atoms with E-state index in [0.29, 0.717) is 29.3 Å². The minimum atomic E-state index is -0.479. The van der Waals surface area contributed by atoms with E-state index in [4.69, 9.17) is 9.98 Å². The zero-order valence-electron chi connectivity index (χ0n) is 16.4. The Bertz CT molecular complexity index is 1410. The average Bonchev–Trinajstić information content (AvgIpc) is 3.35. The first kappa shape index (κ1) is 18.2. The van der Waals surface area contributed by atoms with Gasteiger partial charge in [0.15, 0.2) is 11.1 Å². The summed E-state index contributed by atoms with van der Waals surface area (Å²) < 4.78 is 1.68. The summed E-state index contributed by atoms with van der Waals surface area (Å²) in [5.74, 6) is 0.460. The molecule has 3 heterocycles. The van der Waals surface area contributed by atoms with Crippen LogP contribution in [-0.2, 0) is 6.54 Å². The van der Waals surface area contributed by atoms with Crippen molar-refractivity contribution in [3.8, 4) is 5.88 Å². The van der Waals surface area contributed by atoms with Crippen molar-refractivity contribution in [3.63, 3.8) is 0 Å². The summed E-state index contributed by atoms with van der Waals surface area (Å²) in [5, 5.41) is 18.3. The molecule has 0 aliphatic heterocycles. The maximum atomic E-state index is 11.4. The van der Waals surface area contributed by atoms with Gasteiger partial charge < -0.3 is 15.4 Å². The average molecular weight is 403 g/mol. The number of nitrogens with zero attached hydrogens (tertiary/aromatic N) is 4. The van der Waals surface area contributed by atoms with E-state index in [2.05, 4.69) is 45.5 Å². The maximum absolute atomic E-state index is 11.4. The van der Waals surface area contributed by atoms with Crippen molar-refractivity contribution in [2.45, 2.75) is 32.4 Å². The molecule has 4 aromatic rings. The van der Waals surface area contributed by atoms with E-state index in [1.807, 2.05) is 12.1 Å². The second-order valence-corrected chi connectivity index (χ2v) is 7.52. The monoisotopic (exact) mass is 403 g/mol. The summed E-state index contributed by atoms with van der Waals surface area (Å²) >= 11 is 0. The van der Waals surface area contributed by atoms with E-state index in [1.165, 1.54) is 5.56 Å². The second-order valence-electron chi connectivity index (χ2n) is 7.52. The molecule has 0 bridgehead atoms. The lowest BCUT2D eigenvalue weighted by atomic mass is 10.1. The van der Waals surface area contributed by atoms with Crippen LogP contribution in [0.15, 0.2) is 46.3 Å². The Balaban J connectivity index is 1.59. The van der Waals surface area contributed by atoms with Gasteiger partial charge in [-0.3, -0.25) is 9.98 Å². The Morgan fingerprint density at radius 2 is 2.20 bits per heavy atom. The molecule has 4 N–H and O–H groups in total. The summed E-state index contributed by atoms with van der Waals surface area (Å²) in [7, 11) is 0. The van der Waals surface area contributed by atoms with Crippen LogP contribution in [0, 0.1) is 6.92 Å². The highest BCUT2D eigenvalue weighted by molar-refractivity contribution is 5.58. The minimum Gasteiger partial charge on any atom is -0.493 e. The van der Waals surface area contributed by atoms with Crippen LogP contribution in [-0.4, -0.2) is 35.7 Å². The number of rotatable bonds is 5. The zero-order valence-corrected chi connectivity index (χ0v) is 16.4. The standard InChI is InChI=1S/C21H21N7O2/c1-12-3-2-4-13(7-12)10-22-17-9-18(24-15-5-6-15)28-19(26-17)14(11-23-28)8-16-20(29)27-21(30)25-16/h2-4,7-9,11,15,22,29H,5-6,10H2,1H3,(H2,25,27,30)/b14-8+,24-18?. The molecule has 3 aromatic heterocycles. The Morgan fingerprint density at radius 3 is 2.93 bits per heavy atom. The number of hydrogen-bond acceptors (Lipinski definition) is 6. The highest BCUT2D eigenvalue weighted by atomic mass is 16.3. The number of aromatic nitrogens is 5. The van der Waals surface area contributed by atoms with Crippen LogP contribution in [0.5, 0.6) is 5.88 Å². The normalized spacial score (nSPS) is 15.2. The molecule has 9 heteroatoms. The molecule has 1 fully saturated rings. The number of nitrogens with one attached hydrogen (secondary N) is 3. The van der Waals surface area contributed by atoms with Crippen molar-refractivity contribution >= 4 is 17.5 Å². The molecule has 0 amide bonds. The molecule has 0 unspecified atom stereocenters. The molecule has 1 aliphatic carbocycles. The summed E-state index contributed by atoms with van der Waals surface area (Å²) in [6.07, 6.45) is 5.43. The third-order valence-corrected chi connectivity index (χ3v) is 4.93. The molecule has 30 heavy (non-hydrogen) atoms. The first-order valence-electron chi connectivity index (χ1n) is 9.80. The lowest BCUT2D eigenvalue weighted by molar-refractivity contribution is 0.454. The van der Waals surface area contributed by atoms with Gasteiger partial charge in [0.25, 0.3) is 0 Å². The number of fused-ring (bicyclic) bond motifs is 1. The quantitative estimate of drug-likeness (QED) is 0.396. The van der Waals surface area contributed by atoms with Crippen LogP contribution in [0.2, 0.25) is 0 Å².